The molecule has 0 aliphatic carbocycles. The Bertz CT molecular complexity index is 346. The fraction of sp³-hybridized carbons (Fsp3) is 0.538. The number of hydrogen-bond donors (Lipinski definition) is 0. The number of Topliss-reactive ketones (excluding diaryl/α,β-unsaturated/α-hetero) is 1. The maximum atomic E-state index is 11.7. The second-order valence-electron chi connectivity index (χ2n) is 5.08. The molecule has 4 heteroatoms. The van der Waals surface area contributed by atoms with Crippen LogP contribution in [0.15, 0.2) is 24.5 Å². The molecule has 94 valence electrons. The van der Waals surface area contributed by atoms with Crippen molar-refractivity contribution >= 4 is 14.1 Å². The smallest absolute Gasteiger partial charge is 0.183 e. The average molecular weight is 251 g/mol. The maximum absolute atomic E-state index is 11.7. The number of carbonyl (C=O) groups is 1. The number of nitrogens with zero attached hydrogens (tertiary/aromatic N) is 1. The van der Waals surface area contributed by atoms with E-state index in [9.17, 15) is 4.79 Å². The first kappa shape index (κ1) is 14.1. The van der Waals surface area contributed by atoms with Crippen LogP contribution < -0.4 is 0 Å². The maximum Gasteiger partial charge on any atom is 0.183 e. The molecule has 0 aliphatic rings. The van der Waals surface area contributed by atoms with Gasteiger partial charge in [-0.05, 0) is 44.6 Å². The standard InChI is InChI=1S/C13H21NO2Si/c1-17(2,3)16-10-5-4-8-13(15)12-7-6-9-14-11-12/h6-7,9,11H,4-5,8,10H2,1-3H3. The van der Waals surface area contributed by atoms with Crippen LogP contribution >= 0.6 is 0 Å². The fourth-order valence-corrected chi connectivity index (χ4v) is 2.19. The molecule has 0 spiro atoms. The molecular weight excluding hydrogens is 230 g/mol. The van der Waals surface area contributed by atoms with Gasteiger partial charge in [0.2, 0.25) is 0 Å². The summed E-state index contributed by atoms with van der Waals surface area (Å²) in [6.45, 7) is 7.30. The molecule has 3 nitrogen and oxygen atoms in total. The molecule has 1 heterocycles. The number of carbonyl (C=O) groups excluding carboxylic acids is 1. The van der Waals surface area contributed by atoms with E-state index in [1.807, 2.05) is 6.07 Å². The molecule has 0 bridgehead atoms. The lowest BCUT2D eigenvalue weighted by Crippen LogP contribution is -2.25. The number of aromatic nitrogens is 1. The second-order valence-corrected chi connectivity index (χ2v) is 9.60. The predicted molar refractivity (Wildman–Crippen MR) is 71.7 cm³/mol. The zero-order chi connectivity index (χ0) is 12.7. The summed E-state index contributed by atoms with van der Waals surface area (Å²) in [5.74, 6) is 0.172. The van der Waals surface area contributed by atoms with Gasteiger partial charge in [-0.15, -0.1) is 0 Å². The van der Waals surface area contributed by atoms with Gasteiger partial charge in [-0.3, -0.25) is 9.78 Å². The van der Waals surface area contributed by atoms with Gasteiger partial charge in [-0.2, -0.15) is 0 Å². The van der Waals surface area contributed by atoms with Crippen LogP contribution in [0.2, 0.25) is 19.6 Å². The normalized spacial score (nSPS) is 11.5. The van der Waals surface area contributed by atoms with Gasteiger partial charge in [0.25, 0.3) is 0 Å². The van der Waals surface area contributed by atoms with Crippen molar-refractivity contribution in [2.75, 3.05) is 6.61 Å². The minimum Gasteiger partial charge on any atom is -0.418 e. The van der Waals surface area contributed by atoms with Gasteiger partial charge < -0.3 is 4.43 Å². The SMILES string of the molecule is C[Si](C)(C)OCCCCC(=O)c1cccnc1. The fourth-order valence-electron chi connectivity index (χ4n) is 1.44. The third kappa shape index (κ3) is 6.34. The second kappa shape index (κ2) is 6.66. The molecule has 0 amide bonds. The number of hydrogen-bond acceptors (Lipinski definition) is 3. The monoisotopic (exact) mass is 251 g/mol. The molecule has 17 heavy (non-hydrogen) atoms. The predicted octanol–water partition coefficient (Wildman–Crippen LogP) is 3.29. The summed E-state index contributed by atoms with van der Waals surface area (Å²) >= 11 is 0. The average Bonchev–Trinajstić information content (AvgIpc) is 2.28. The molecule has 0 N–H and O–H groups in total. The Morgan fingerprint density at radius 1 is 1.35 bits per heavy atom. The van der Waals surface area contributed by atoms with Crippen molar-refractivity contribution in [2.45, 2.75) is 38.9 Å². The molecule has 0 saturated carbocycles. The number of ketones is 1. The van der Waals surface area contributed by atoms with Gasteiger partial charge in [0, 0.05) is 31.0 Å². The molecule has 0 fully saturated rings. The highest BCUT2D eigenvalue weighted by Gasteiger charge is 2.13. The van der Waals surface area contributed by atoms with Crippen molar-refractivity contribution in [3.63, 3.8) is 0 Å². The summed E-state index contributed by atoms with van der Waals surface area (Å²) in [6, 6.07) is 3.61. The largest absolute Gasteiger partial charge is 0.418 e. The lowest BCUT2D eigenvalue weighted by Gasteiger charge is -2.16. The van der Waals surface area contributed by atoms with E-state index < -0.39 is 8.32 Å². The van der Waals surface area contributed by atoms with Crippen LogP contribution in [0.5, 0.6) is 0 Å². The lowest BCUT2D eigenvalue weighted by atomic mass is 10.1. The van der Waals surface area contributed by atoms with Crippen LogP contribution in [0.4, 0.5) is 0 Å². The summed E-state index contributed by atoms with van der Waals surface area (Å²) in [5, 5.41) is 0. The molecule has 0 aliphatic heterocycles. The van der Waals surface area contributed by atoms with Gasteiger partial charge in [0.1, 0.15) is 0 Å². The Kier molecular flexibility index (Phi) is 5.51. The molecular formula is C13H21NO2Si. The Morgan fingerprint density at radius 3 is 2.71 bits per heavy atom. The van der Waals surface area contributed by atoms with E-state index in [4.69, 9.17) is 4.43 Å². The van der Waals surface area contributed by atoms with Crippen molar-refractivity contribution in [1.29, 1.82) is 0 Å². The number of rotatable bonds is 7. The Labute approximate surface area is 104 Å². The van der Waals surface area contributed by atoms with E-state index >= 15 is 0 Å². The minimum atomic E-state index is -1.39. The van der Waals surface area contributed by atoms with Gasteiger partial charge >= 0.3 is 0 Å². The zero-order valence-corrected chi connectivity index (χ0v) is 11.9. The molecule has 1 aromatic heterocycles. The highest BCUT2D eigenvalue weighted by Crippen LogP contribution is 2.08. The van der Waals surface area contributed by atoms with Crippen molar-refractivity contribution in [2.24, 2.45) is 0 Å². The molecule has 1 rings (SSSR count). The van der Waals surface area contributed by atoms with Gasteiger partial charge in [0.15, 0.2) is 14.1 Å². The van der Waals surface area contributed by atoms with Gasteiger partial charge in [-0.25, -0.2) is 0 Å². The van der Waals surface area contributed by atoms with Crippen molar-refractivity contribution in [3.05, 3.63) is 30.1 Å². The van der Waals surface area contributed by atoms with E-state index in [1.54, 1.807) is 18.5 Å². The third-order valence-electron chi connectivity index (χ3n) is 2.32. The summed E-state index contributed by atoms with van der Waals surface area (Å²) in [5.41, 5.74) is 0.707. The van der Waals surface area contributed by atoms with E-state index in [2.05, 4.69) is 24.6 Å². The Hall–Kier alpha value is -1.00. The van der Waals surface area contributed by atoms with Crippen LogP contribution in [0.25, 0.3) is 0 Å². The van der Waals surface area contributed by atoms with E-state index in [1.165, 1.54) is 0 Å². The van der Waals surface area contributed by atoms with Crippen molar-refractivity contribution in [3.8, 4) is 0 Å². The van der Waals surface area contributed by atoms with Crippen LogP contribution in [0.3, 0.4) is 0 Å². The molecule has 0 atom stereocenters. The highest BCUT2D eigenvalue weighted by atomic mass is 28.4. The number of unbranched alkanes of at least 4 members (excludes halogenated alkanes) is 1. The van der Waals surface area contributed by atoms with Crippen LogP contribution in [0.1, 0.15) is 29.6 Å². The summed E-state index contributed by atoms with van der Waals surface area (Å²) < 4.78 is 5.73. The molecule has 0 unspecified atom stereocenters. The zero-order valence-electron chi connectivity index (χ0n) is 10.9. The first-order valence-electron chi connectivity index (χ1n) is 6.06. The first-order valence-corrected chi connectivity index (χ1v) is 9.47. The van der Waals surface area contributed by atoms with Crippen LogP contribution in [-0.4, -0.2) is 25.7 Å². The summed E-state index contributed by atoms with van der Waals surface area (Å²) in [4.78, 5) is 15.7. The summed E-state index contributed by atoms with van der Waals surface area (Å²) in [7, 11) is -1.39. The summed E-state index contributed by atoms with van der Waals surface area (Å²) in [6.07, 6.45) is 5.73. The molecule has 0 saturated heterocycles. The molecule has 0 aromatic carbocycles. The minimum absolute atomic E-state index is 0.172. The van der Waals surface area contributed by atoms with Crippen molar-refractivity contribution in [1.82, 2.24) is 4.98 Å². The topological polar surface area (TPSA) is 39.2 Å². The van der Waals surface area contributed by atoms with E-state index in [0.29, 0.717) is 12.0 Å². The Balaban J connectivity index is 2.18. The van der Waals surface area contributed by atoms with Crippen molar-refractivity contribution < 1.29 is 9.22 Å². The number of pyridine rings is 1. The van der Waals surface area contributed by atoms with E-state index in [0.717, 1.165) is 19.4 Å². The van der Waals surface area contributed by atoms with Crippen LogP contribution in [-0.2, 0) is 4.43 Å². The third-order valence-corrected chi connectivity index (χ3v) is 3.39. The molecule has 0 radical (unpaired) electrons. The van der Waals surface area contributed by atoms with E-state index in [-0.39, 0.29) is 5.78 Å². The van der Waals surface area contributed by atoms with Gasteiger partial charge in [0.05, 0.1) is 0 Å². The lowest BCUT2D eigenvalue weighted by molar-refractivity contribution is 0.0977. The molecule has 1 aromatic rings. The Morgan fingerprint density at radius 2 is 2.12 bits per heavy atom. The van der Waals surface area contributed by atoms with Gasteiger partial charge in [-0.1, -0.05) is 0 Å². The quantitative estimate of drug-likeness (QED) is 0.424. The first-order chi connectivity index (χ1) is 7.99. The van der Waals surface area contributed by atoms with Crippen LogP contribution in [0, 0.1) is 0 Å². The highest BCUT2D eigenvalue weighted by molar-refractivity contribution is 6.69.